The molecule has 0 atom stereocenters. The first-order valence-corrected chi connectivity index (χ1v) is 10.0. The summed E-state index contributed by atoms with van der Waals surface area (Å²) in [5, 5.41) is 6.83. The third-order valence-electron chi connectivity index (χ3n) is 4.74. The summed E-state index contributed by atoms with van der Waals surface area (Å²) >= 11 is 0. The zero-order valence-corrected chi connectivity index (χ0v) is 15.0. The Kier molecular flexibility index (Phi) is 4.41. The fraction of sp³-hybridized carbons (Fsp3) is 0.412. The number of carbonyl (C=O) groups is 1. The number of ether oxygens (including phenoxy) is 1. The number of aromatic nitrogens is 2. The minimum absolute atomic E-state index is 0.0329. The number of anilines is 1. The Hall–Kier alpha value is -2.39. The van der Waals surface area contributed by atoms with Gasteiger partial charge in [-0.05, 0) is 25.0 Å². The number of hydrogen-bond acceptors (Lipinski definition) is 5. The summed E-state index contributed by atoms with van der Waals surface area (Å²) in [7, 11) is -3.87. The van der Waals surface area contributed by atoms with Gasteiger partial charge in [-0.3, -0.25) is 14.2 Å². The van der Waals surface area contributed by atoms with E-state index in [1.165, 1.54) is 16.6 Å². The Labute approximate surface area is 151 Å². The summed E-state index contributed by atoms with van der Waals surface area (Å²) < 4.78 is 33.3. The number of hydrogen-bond donors (Lipinski definition) is 1. The van der Waals surface area contributed by atoms with Gasteiger partial charge in [-0.1, -0.05) is 12.1 Å². The molecule has 0 spiro atoms. The van der Waals surface area contributed by atoms with Crippen LogP contribution in [0.3, 0.4) is 0 Å². The van der Waals surface area contributed by atoms with Crippen molar-refractivity contribution in [3.63, 3.8) is 0 Å². The van der Waals surface area contributed by atoms with Gasteiger partial charge in [-0.25, -0.2) is 8.42 Å². The van der Waals surface area contributed by atoms with Gasteiger partial charge in [-0.2, -0.15) is 5.10 Å². The molecule has 8 nitrogen and oxygen atoms in total. The van der Waals surface area contributed by atoms with Crippen molar-refractivity contribution in [1.29, 1.82) is 0 Å². The third-order valence-corrected chi connectivity index (χ3v) is 6.61. The normalized spacial score (nSPS) is 17.8. The first-order chi connectivity index (χ1) is 12.6. The number of rotatable bonds is 3. The Balaban J connectivity index is 1.73. The Morgan fingerprint density at radius 1 is 1.15 bits per heavy atom. The van der Waals surface area contributed by atoms with Crippen LogP contribution < -0.4 is 4.31 Å². The van der Waals surface area contributed by atoms with E-state index in [1.54, 1.807) is 23.1 Å². The lowest BCUT2D eigenvalue weighted by atomic mass is 10.1. The molecule has 1 aromatic carbocycles. The van der Waals surface area contributed by atoms with E-state index in [2.05, 4.69) is 10.2 Å². The van der Waals surface area contributed by atoms with Gasteiger partial charge in [0, 0.05) is 19.6 Å². The average Bonchev–Trinajstić information content (AvgIpc) is 3.17. The molecule has 4 rings (SSSR count). The molecule has 1 fully saturated rings. The standard InChI is InChI=1S/C17H20N4O4S/c22-17(20-8-10-25-11-9-20)13-4-1-2-6-16(13)26(23,24)21-7-3-5-14-15(21)12-18-19-14/h1-2,4,6,12H,3,5,7-11H2,(H,18,19). The SMILES string of the molecule is O=C(c1ccccc1S(=O)(=O)N1CCCc2[nH]ncc21)N1CCOCC1. The van der Waals surface area contributed by atoms with E-state index >= 15 is 0 Å². The third kappa shape index (κ3) is 2.86. The number of nitrogens with zero attached hydrogens (tertiary/aromatic N) is 3. The first-order valence-electron chi connectivity index (χ1n) is 8.60. The second kappa shape index (κ2) is 6.73. The van der Waals surface area contributed by atoms with Crippen LogP contribution in [0.2, 0.25) is 0 Å². The number of nitrogens with one attached hydrogen (secondary N) is 1. The molecule has 0 radical (unpaired) electrons. The Morgan fingerprint density at radius 2 is 1.92 bits per heavy atom. The predicted molar refractivity (Wildman–Crippen MR) is 94.6 cm³/mol. The van der Waals surface area contributed by atoms with E-state index in [9.17, 15) is 13.2 Å². The van der Waals surface area contributed by atoms with Crippen LogP contribution in [0.15, 0.2) is 35.4 Å². The molecule has 0 bridgehead atoms. The Bertz CT molecular complexity index is 918. The van der Waals surface area contributed by atoms with Crippen molar-refractivity contribution in [2.75, 3.05) is 37.2 Å². The van der Waals surface area contributed by atoms with E-state index in [0.29, 0.717) is 45.0 Å². The van der Waals surface area contributed by atoms with Crippen molar-refractivity contribution in [3.05, 3.63) is 41.7 Å². The molecular formula is C17H20N4O4S. The molecule has 1 aromatic heterocycles. The number of H-pyrrole nitrogens is 1. The first kappa shape index (κ1) is 17.0. The van der Waals surface area contributed by atoms with Crippen molar-refractivity contribution in [2.24, 2.45) is 0 Å². The Morgan fingerprint density at radius 3 is 2.73 bits per heavy atom. The van der Waals surface area contributed by atoms with Crippen LogP contribution in [0.1, 0.15) is 22.5 Å². The van der Waals surface area contributed by atoms with Crippen LogP contribution in [-0.2, 0) is 21.2 Å². The lowest BCUT2D eigenvalue weighted by Gasteiger charge is -2.30. The second-order valence-electron chi connectivity index (χ2n) is 6.32. The number of amides is 1. The minimum atomic E-state index is -3.87. The molecule has 2 aliphatic heterocycles. The number of aromatic amines is 1. The van der Waals surface area contributed by atoms with Crippen LogP contribution in [0, 0.1) is 0 Å². The van der Waals surface area contributed by atoms with Crippen LogP contribution in [0.4, 0.5) is 5.69 Å². The van der Waals surface area contributed by atoms with Gasteiger partial charge in [-0.15, -0.1) is 0 Å². The molecule has 0 aliphatic carbocycles. The number of benzene rings is 1. The van der Waals surface area contributed by atoms with E-state index in [4.69, 9.17) is 4.74 Å². The highest BCUT2D eigenvalue weighted by Gasteiger charge is 2.34. The number of carbonyl (C=O) groups excluding carboxylic acids is 1. The summed E-state index contributed by atoms with van der Waals surface area (Å²) in [6.45, 7) is 2.22. The highest BCUT2D eigenvalue weighted by molar-refractivity contribution is 7.93. The number of aryl methyl sites for hydroxylation is 1. The molecule has 9 heteroatoms. The van der Waals surface area contributed by atoms with E-state index in [1.807, 2.05) is 0 Å². The highest BCUT2D eigenvalue weighted by Crippen LogP contribution is 2.32. The molecule has 2 aliphatic rings. The maximum absolute atomic E-state index is 13.3. The molecule has 1 N–H and O–H groups in total. The average molecular weight is 376 g/mol. The quantitative estimate of drug-likeness (QED) is 0.863. The number of fused-ring (bicyclic) bond motifs is 1. The molecule has 0 saturated carbocycles. The summed E-state index contributed by atoms with van der Waals surface area (Å²) in [6, 6.07) is 6.40. The molecule has 1 saturated heterocycles. The maximum atomic E-state index is 13.3. The molecule has 138 valence electrons. The zero-order chi connectivity index (χ0) is 18.1. The maximum Gasteiger partial charge on any atom is 0.265 e. The minimum Gasteiger partial charge on any atom is -0.378 e. The van der Waals surface area contributed by atoms with Crippen LogP contribution in [0.5, 0.6) is 0 Å². The fourth-order valence-corrected chi connectivity index (χ4v) is 5.11. The summed E-state index contributed by atoms with van der Waals surface area (Å²) in [5.74, 6) is -0.281. The van der Waals surface area contributed by atoms with E-state index in [0.717, 1.165) is 12.1 Å². The van der Waals surface area contributed by atoms with Crippen LogP contribution in [0.25, 0.3) is 0 Å². The van der Waals surface area contributed by atoms with Gasteiger partial charge in [0.15, 0.2) is 0 Å². The zero-order valence-electron chi connectivity index (χ0n) is 14.2. The van der Waals surface area contributed by atoms with Crippen molar-refractivity contribution in [3.8, 4) is 0 Å². The topological polar surface area (TPSA) is 95.6 Å². The van der Waals surface area contributed by atoms with Gasteiger partial charge in [0.25, 0.3) is 15.9 Å². The molecule has 2 aromatic rings. The summed E-state index contributed by atoms with van der Waals surface area (Å²) in [6.07, 6.45) is 2.99. The predicted octanol–water partition coefficient (Wildman–Crippen LogP) is 1.02. The smallest absolute Gasteiger partial charge is 0.265 e. The van der Waals surface area contributed by atoms with Gasteiger partial charge < -0.3 is 9.64 Å². The fourth-order valence-electron chi connectivity index (χ4n) is 3.40. The van der Waals surface area contributed by atoms with Crippen molar-refractivity contribution in [2.45, 2.75) is 17.7 Å². The molecule has 0 unspecified atom stereocenters. The number of morpholine rings is 1. The summed E-state index contributed by atoms with van der Waals surface area (Å²) in [5.41, 5.74) is 1.56. The summed E-state index contributed by atoms with van der Waals surface area (Å²) in [4.78, 5) is 14.6. The largest absolute Gasteiger partial charge is 0.378 e. The molecule has 3 heterocycles. The van der Waals surface area contributed by atoms with Gasteiger partial charge in [0.1, 0.15) is 4.90 Å². The van der Waals surface area contributed by atoms with Crippen molar-refractivity contribution >= 4 is 21.6 Å². The highest BCUT2D eigenvalue weighted by atomic mass is 32.2. The lowest BCUT2D eigenvalue weighted by molar-refractivity contribution is 0.0300. The molecular weight excluding hydrogens is 356 g/mol. The molecule has 1 amide bonds. The van der Waals surface area contributed by atoms with Gasteiger partial charge >= 0.3 is 0 Å². The number of sulfonamides is 1. The lowest BCUT2D eigenvalue weighted by Crippen LogP contribution is -2.42. The van der Waals surface area contributed by atoms with E-state index in [-0.39, 0.29) is 16.4 Å². The van der Waals surface area contributed by atoms with E-state index < -0.39 is 10.0 Å². The second-order valence-corrected chi connectivity index (χ2v) is 8.15. The van der Waals surface area contributed by atoms with Crippen molar-refractivity contribution < 1.29 is 17.9 Å². The van der Waals surface area contributed by atoms with Gasteiger partial charge in [0.2, 0.25) is 0 Å². The monoisotopic (exact) mass is 376 g/mol. The van der Waals surface area contributed by atoms with Crippen molar-refractivity contribution in [1.82, 2.24) is 15.1 Å². The van der Waals surface area contributed by atoms with Crippen LogP contribution in [-0.4, -0.2) is 62.3 Å². The van der Waals surface area contributed by atoms with Gasteiger partial charge in [0.05, 0.1) is 36.4 Å². The molecule has 26 heavy (non-hydrogen) atoms. The van der Waals surface area contributed by atoms with Crippen LogP contribution >= 0.6 is 0 Å².